The van der Waals surface area contributed by atoms with E-state index >= 15 is 0 Å². The topological polar surface area (TPSA) is 310 Å². The highest BCUT2D eigenvalue weighted by molar-refractivity contribution is 6.03. The number of fused-ring (bicyclic) bond motifs is 5. The van der Waals surface area contributed by atoms with Crippen LogP contribution in [-0.2, 0) is 69.3 Å². The van der Waals surface area contributed by atoms with Gasteiger partial charge in [0.05, 0.1) is 34.7 Å². The van der Waals surface area contributed by atoms with Gasteiger partial charge in [0.25, 0.3) is 5.56 Å². The minimum atomic E-state index is -1.43. The van der Waals surface area contributed by atoms with Crippen molar-refractivity contribution in [1.82, 2.24) is 25.1 Å². The Morgan fingerprint density at radius 2 is 1.69 bits per heavy atom. The van der Waals surface area contributed by atoms with Crippen molar-refractivity contribution in [2.75, 3.05) is 25.2 Å². The van der Waals surface area contributed by atoms with E-state index in [9.17, 15) is 53.7 Å². The van der Waals surface area contributed by atoms with E-state index in [1.807, 2.05) is 0 Å². The van der Waals surface area contributed by atoms with Crippen molar-refractivity contribution in [3.63, 3.8) is 0 Å². The molecule has 0 spiro atoms. The number of nitrogens with zero attached hydrogens (tertiary/aromatic N) is 3. The van der Waals surface area contributed by atoms with Crippen LogP contribution in [0.2, 0.25) is 0 Å². The van der Waals surface area contributed by atoms with E-state index in [2.05, 4.69) is 16.0 Å². The first-order valence-electron chi connectivity index (χ1n) is 21.5. The quantitative estimate of drug-likeness (QED) is 0.0606. The molecule has 0 saturated carbocycles. The molecule has 68 heavy (non-hydrogen) atoms. The molecule has 23 nitrogen and oxygen atoms in total. The van der Waals surface area contributed by atoms with Crippen LogP contribution in [0.4, 0.5) is 10.5 Å². The van der Waals surface area contributed by atoms with Gasteiger partial charge in [0.15, 0.2) is 17.6 Å². The van der Waals surface area contributed by atoms with Crippen molar-refractivity contribution < 1.29 is 77.3 Å². The van der Waals surface area contributed by atoms with Crippen LogP contribution in [-0.4, -0.2) is 110 Å². The Labute approximate surface area is 385 Å². The normalized spacial score (nSPS) is 19.9. The van der Waals surface area contributed by atoms with Crippen LogP contribution in [0.5, 0.6) is 23.0 Å². The van der Waals surface area contributed by atoms with Crippen molar-refractivity contribution in [2.45, 2.75) is 84.8 Å². The monoisotopic (exact) mass is 942 g/mol. The van der Waals surface area contributed by atoms with Gasteiger partial charge in [0, 0.05) is 80.7 Å². The predicted octanol–water partition coefficient (Wildman–Crippen LogP) is 1.76. The van der Waals surface area contributed by atoms with E-state index in [-0.39, 0.29) is 93.4 Å². The Hall–Kier alpha value is -7.79. The van der Waals surface area contributed by atoms with Gasteiger partial charge in [-0.25, -0.2) is 14.6 Å². The molecule has 6 N–H and O–H groups in total. The number of ether oxygens (including phenoxy) is 6. The number of aromatic hydroxyl groups is 1. The summed E-state index contributed by atoms with van der Waals surface area (Å²) in [6.07, 6.45) is -5.35. The summed E-state index contributed by atoms with van der Waals surface area (Å²) < 4.78 is 34.5. The Kier molecular flexibility index (Phi) is 13.2. The highest BCUT2D eigenvalue weighted by Gasteiger charge is 2.46. The lowest BCUT2D eigenvalue weighted by Gasteiger charge is -2.20. The highest BCUT2D eigenvalue weighted by Crippen LogP contribution is 2.42. The number of hydrogen-bond donors (Lipinski definition) is 6. The number of hydrogen-bond acceptors (Lipinski definition) is 17. The number of aliphatic hydroxyl groups is 1. The lowest BCUT2D eigenvalue weighted by Crippen LogP contribution is -2.35. The molecule has 4 aliphatic rings. The number of esters is 1. The fraction of sp³-hybridized carbons (Fsp3) is 0.400. The largest absolute Gasteiger partial charge is 0.507 e. The second kappa shape index (κ2) is 19.2. The van der Waals surface area contributed by atoms with Crippen molar-refractivity contribution in [2.24, 2.45) is 11.8 Å². The van der Waals surface area contributed by atoms with Crippen LogP contribution in [0.1, 0.15) is 62.3 Å². The van der Waals surface area contributed by atoms with Crippen molar-refractivity contribution in [3.8, 4) is 34.4 Å². The van der Waals surface area contributed by atoms with Crippen molar-refractivity contribution in [3.05, 3.63) is 69.0 Å². The predicted molar refractivity (Wildman–Crippen MR) is 231 cm³/mol. The van der Waals surface area contributed by atoms with Gasteiger partial charge >= 0.3 is 18.0 Å². The maximum absolute atomic E-state index is 13.6. The van der Waals surface area contributed by atoms with Gasteiger partial charge in [-0.1, -0.05) is 19.9 Å². The van der Waals surface area contributed by atoms with Gasteiger partial charge in [0.1, 0.15) is 30.8 Å². The number of amides is 5. The molecule has 2 fully saturated rings. The molecule has 358 valence electrons. The molecule has 0 bridgehead atoms. The van der Waals surface area contributed by atoms with E-state index in [1.165, 1.54) is 42.7 Å². The van der Waals surface area contributed by atoms with Crippen LogP contribution in [0, 0.1) is 11.8 Å². The number of carboxylic acid groups (broad SMARTS) is 1. The standard InChI is InChI=1S/C45H46N6O17/c1-20-10-37(56)50(41(20)58)9-7-35(54)46-8-6-36(55)48-29-11-23(4-5-32(29)67-44-39(57)21(2)40(68-44)43(60)61)17-64-45(62)47-15-25-24-12-33-34(66-19-65-33)13-28(24)49-38-26(25)16-51-30(38)14-31(53)27(42(51)59)18-63-22(3)52/h4-5,11-14,20-21,39-40,44,53,57H,6-10,15-19H2,1-3H3,(H,46,54)(H,47,62)(H,48,55)(H,60,61). The third-order valence-corrected chi connectivity index (χ3v) is 11.9. The SMILES string of the molecule is CC(=O)OCc1c(O)cc2n(c1=O)Cc1c-2nc2cc3c(cc2c1CNC(=O)OCc1ccc(OC2OC(C(=O)O)C(C)C2O)c(NC(=O)CCNC(=O)CCN2C(=O)CC(C)C2=O)c1)OCO3. The second-order valence-electron chi connectivity index (χ2n) is 16.6. The average molecular weight is 943 g/mol. The number of benzene rings is 2. The number of likely N-dealkylation sites (tertiary alicyclic amines) is 1. The number of rotatable bonds is 16. The van der Waals surface area contributed by atoms with Crippen molar-refractivity contribution in [1.29, 1.82) is 0 Å². The number of aliphatic carboxylic acids is 1. The third kappa shape index (κ3) is 9.55. The molecule has 4 aromatic rings. The van der Waals surface area contributed by atoms with E-state index < -0.39 is 72.3 Å². The fourth-order valence-corrected chi connectivity index (χ4v) is 8.26. The summed E-state index contributed by atoms with van der Waals surface area (Å²) in [6, 6.07) is 9.05. The number of nitrogens with one attached hydrogen (secondary N) is 3. The van der Waals surface area contributed by atoms with Gasteiger partial charge in [-0.3, -0.25) is 33.7 Å². The molecule has 5 atom stereocenters. The number of anilines is 1. The minimum absolute atomic E-state index is 0.00313. The molecule has 8 rings (SSSR count). The maximum atomic E-state index is 13.6. The van der Waals surface area contributed by atoms with Crippen LogP contribution in [0.25, 0.3) is 22.3 Å². The number of carboxylic acids is 1. The van der Waals surface area contributed by atoms with E-state index in [0.717, 1.165) is 4.90 Å². The Morgan fingerprint density at radius 3 is 2.40 bits per heavy atom. The molecule has 0 aliphatic carbocycles. The molecular formula is C45H46N6O17. The van der Waals surface area contributed by atoms with Crippen LogP contribution >= 0.6 is 0 Å². The number of carbonyl (C=O) groups excluding carboxylic acids is 6. The van der Waals surface area contributed by atoms with Crippen molar-refractivity contribution >= 4 is 58.3 Å². The summed E-state index contributed by atoms with van der Waals surface area (Å²) in [6.45, 7) is 3.13. The van der Waals surface area contributed by atoms with Crippen LogP contribution < -0.4 is 35.7 Å². The minimum Gasteiger partial charge on any atom is -0.507 e. The smallest absolute Gasteiger partial charge is 0.407 e. The number of aliphatic hydroxyl groups excluding tert-OH is 1. The highest BCUT2D eigenvalue weighted by atomic mass is 16.7. The summed E-state index contributed by atoms with van der Waals surface area (Å²) >= 11 is 0. The molecular weight excluding hydrogens is 897 g/mol. The first-order valence-corrected chi connectivity index (χ1v) is 21.5. The Bertz CT molecular complexity index is 2830. The number of imide groups is 1. The van der Waals surface area contributed by atoms with E-state index in [4.69, 9.17) is 33.4 Å². The maximum Gasteiger partial charge on any atom is 0.407 e. The number of aromatic nitrogens is 2. The summed E-state index contributed by atoms with van der Waals surface area (Å²) in [7, 11) is 0. The lowest BCUT2D eigenvalue weighted by molar-refractivity contribution is -0.160. The fourth-order valence-electron chi connectivity index (χ4n) is 8.26. The molecule has 5 amide bonds. The zero-order chi connectivity index (χ0) is 48.6. The van der Waals surface area contributed by atoms with Gasteiger partial charge in [-0.05, 0) is 29.3 Å². The molecule has 0 radical (unpaired) electrons. The van der Waals surface area contributed by atoms with E-state index in [1.54, 1.807) is 19.1 Å². The Balaban J connectivity index is 0.958. The molecule has 2 aromatic carbocycles. The summed E-state index contributed by atoms with van der Waals surface area (Å²) in [4.78, 5) is 106. The Morgan fingerprint density at radius 1 is 0.926 bits per heavy atom. The molecule has 2 saturated heterocycles. The molecule has 4 aliphatic heterocycles. The van der Waals surface area contributed by atoms with Crippen LogP contribution in [0.15, 0.2) is 41.2 Å². The zero-order valence-electron chi connectivity index (χ0n) is 36.8. The third-order valence-electron chi connectivity index (χ3n) is 11.9. The molecule has 23 heteroatoms. The molecule has 5 unspecified atom stereocenters. The van der Waals surface area contributed by atoms with E-state index in [0.29, 0.717) is 50.5 Å². The number of pyridine rings is 2. The zero-order valence-corrected chi connectivity index (χ0v) is 36.8. The summed E-state index contributed by atoms with van der Waals surface area (Å²) in [5.74, 6) is -4.59. The average Bonchev–Trinajstić information content (AvgIpc) is 4.04. The first-order chi connectivity index (χ1) is 32.5. The number of carbonyl (C=O) groups is 7. The lowest BCUT2D eigenvalue weighted by atomic mass is 10.00. The van der Waals surface area contributed by atoms with Gasteiger partial charge in [-0.2, -0.15) is 0 Å². The van der Waals surface area contributed by atoms with Crippen LogP contribution in [0.3, 0.4) is 0 Å². The van der Waals surface area contributed by atoms with Gasteiger partial charge in [-0.15, -0.1) is 0 Å². The summed E-state index contributed by atoms with van der Waals surface area (Å²) in [5, 5.41) is 39.6. The van der Waals surface area contributed by atoms with Gasteiger partial charge < -0.3 is 64.3 Å². The second-order valence-corrected chi connectivity index (χ2v) is 16.6. The van der Waals surface area contributed by atoms with Gasteiger partial charge in [0.2, 0.25) is 36.7 Å². The summed E-state index contributed by atoms with van der Waals surface area (Å²) in [5.41, 5.74) is 1.85. The molecule has 6 heterocycles. The number of alkyl carbamates (subject to hydrolysis) is 1. The first kappa shape index (κ1) is 46.7. The molecule has 2 aromatic heterocycles.